The lowest BCUT2D eigenvalue weighted by atomic mass is 9.72. The number of amides is 8. The smallest absolute Gasteiger partial charge is 0.329 e. The number of ether oxygens (including phenoxy) is 5. The fraction of sp³-hybridized carbons (Fsp3) is 0.443. The number of carbonyl (C=O) groups is 15. The summed E-state index contributed by atoms with van der Waals surface area (Å²) in [6, 6.07) is 25.5. The van der Waals surface area contributed by atoms with Gasteiger partial charge in [-0.15, -0.1) is 0 Å². The van der Waals surface area contributed by atoms with E-state index < -0.39 is 180 Å². The number of rotatable bonds is 25. The molecule has 0 saturated carbocycles. The number of nitrogens with zero attached hydrogens (tertiary/aromatic N) is 7. The van der Waals surface area contributed by atoms with E-state index in [0.29, 0.717) is 74.8 Å². The van der Waals surface area contributed by atoms with Crippen LogP contribution in [0.25, 0.3) is 0 Å². The molecule has 4 unspecified atom stereocenters. The van der Waals surface area contributed by atoms with Crippen molar-refractivity contribution in [2.24, 2.45) is 11.7 Å². The molecule has 0 spiro atoms. The van der Waals surface area contributed by atoms with Gasteiger partial charge < -0.3 is 106 Å². The van der Waals surface area contributed by atoms with Gasteiger partial charge in [-0.05, 0) is 140 Å². The third-order valence-electron chi connectivity index (χ3n) is 23.7. The fourth-order valence-corrected chi connectivity index (χ4v) is 16.5. The highest BCUT2D eigenvalue weighted by Crippen LogP contribution is 2.53. The number of carbonyl (C=O) groups excluding carboxylic acids is 13. The van der Waals surface area contributed by atoms with Crippen molar-refractivity contribution in [2.45, 2.75) is 231 Å². The molecule has 8 amide bonds. The van der Waals surface area contributed by atoms with E-state index in [4.69, 9.17) is 39.6 Å². The normalized spacial score (nSPS) is 21.3. The van der Waals surface area contributed by atoms with Gasteiger partial charge in [0.15, 0.2) is 17.9 Å². The van der Waals surface area contributed by atoms with Crippen molar-refractivity contribution in [3.63, 3.8) is 0 Å². The van der Waals surface area contributed by atoms with Crippen LogP contribution < -0.4 is 31.7 Å². The van der Waals surface area contributed by atoms with Gasteiger partial charge in [0.25, 0.3) is 17.7 Å². The van der Waals surface area contributed by atoms with E-state index in [1.165, 1.54) is 108 Å². The molecular formula is C97H118N12O27. The minimum Gasteiger partial charge on any atom is -0.507 e. The minimum absolute atomic E-state index is 0.0439. The van der Waals surface area contributed by atoms with Crippen molar-refractivity contribution in [1.29, 1.82) is 0 Å². The Morgan fingerprint density at radius 1 is 0.544 bits per heavy atom. The number of aromatic nitrogens is 3. The van der Waals surface area contributed by atoms with Crippen molar-refractivity contribution in [1.82, 2.24) is 55.8 Å². The summed E-state index contributed by atoms with van der Waals surface area (Å²) >= 11 is 0. The topological polar surface area (TPSA) is 570 Å². The second-order valence-electron chi connectivity index (χ2n) is 33.5. The summed E-state index contributed by atoms with van der Waals surface area (Å²) in [5.41, 5.74) is 4.33. The molecule has 8 heterocycles. The number of phenols is 2. The van der Waals surface area contributed by atoms with Crippen LogP contribution in [0.1, 0.15) is 218 Å². The molecule has 39 nitrogen and oxygen atoms in total. The average Bonchev–Trinajstić information content (AvgIpc) is 0.844. The maximum atomic E-state index is 14.0. The summed E-state index contributed by atoms with van der Waals surface area (Å²) in [7, 11) is 1.30. The first-order chi connectivity index (χ1) is 64.9. The number of carboxylic acids is 2. The van der Waals surface area contributed by atoms with Crippen LogP contribution in [0.4, 0.5) is 0 Å². The van der Waals surface area contributed by atoms with Gasteiger partial charge in [0.05, 0.1) is 54.0 Å². The van der Waals surface area contributed by atoms with Gasteiger partial charge in [-0.3, -0.25) is 72.5 Å². The van der Waals surface area contributed by atoms with E-state index in [9.17, 15) is 97.5 Å². The van der Waals surface area contributed by atoms with Crippen LogP contribution in [0.5, 0.6) is 17.2 Å². The van der Waals surface area contributed by atoms with E-state index in [1.807, 2.05) is 74.5 Å². The Kier molecular flexibility index (Phi) is 38.4. The van der Waals surface area contributed by atoms with Crippen LogP contribution in [0.15, 0.2) is 152 Å². The summed E-state index contributed by atoms with van der Waals surface area (Å²) in [5, 5.41) is 83.8. The Morgan fingerprint density at radius 3 is 1.36 bits per heavy atom. The predicted octanol–water partition coefficient (Wildman–Crippen LogP) is 5.39. The summed E-state index contributed by atoms with van der Waals surface area (Å²) in [6.07, 6.45) is 6.95. The number of hydrogen-bond acceptors (Lipinski definition) is 29. The zero-order valence-corrected chi connectivity index (χ0v) is 77.2. The number of ketones is 3. The van der Waals surface area contributed by atoms with E-state index >= 15 is 0 Å². The molecule has 5 fully saturated rings. The highest BCUT2D eigenvalue weighted by Gasteiger charge is 2.52. The number of aliphatic carboxylic acids is 2. The average molecular weight is 1880 g/mol. The number of Topliss-reactive ketones (excluding diaryl/α,β-unsaturated/α-hetero) is 1. The maximum Gasteiger partial charge on any atom is 0.329 e. The molecule has 728 valence electrons. The maximum absolute atomic E-state index is 14.0. The molecular weight excluding hydrogens is 1770 g/mol. The summed E-state index contributed by atoms with van der Waals surface area (Å²) in [4.78, 5) is 205. The van der Waals surface area contributed by atoms with Crippen molar-refractivity contribution in [2.75, 3.05) is 39.9 Å². The lowest BCUT2D eigenvalue weighted by Gasteiger charge is -2.43. The van der Waals surface area contributed by atoms with Crippen LogP contribution in [0.3, 0.4) is 0 Å². The lowest BCUT2D eigenvalue weighted by molar-refractivity contribution is -0.249. The summed E-state index contributed by atoms with van der Waals surface area (Å²) in [5.74, 6) is -10.1. The number of aromatic hydroxyl groups is 2. The zero-order chi connectivity index (χ0) is 99.5. The van der Waals surface area contributed by atoms with Gasteiger partial charge in [-0.25, -0.2) is 14.4 Å². The highest BCUT2D eigenvalue weighted by atomic mass is 16.7. The number of hydrogen-bond donors (Lipinski definition) is 12. The molecule has 7 aromatic rings. The highest BCUT2D eigenvalue weighted by molar-refractivity contribution is 6.31. The number of aliphatic hydroxyl groups is 3. The lowest BCUT2D eigenvalue weighted by Crippen LogP contribution is -2.59. The Balaban J connectivity index is 0.000000222. The number of esters is 2. The molecule has 0 radical (unpaired) electrons. The number of fused-ring (bicyclic) bond motifs is 3. The largest absolute Gasteiger partial charge is 0.507 e. The van der Waals surface area contributed by atoms with Crippen LogP contribution in [-0.4, -0.2) is 277 Å². The molecule has 7 aliphatic rings. The van der Waals surface area contributed by atoms with Gasteiger partial charge >= 0.3 is 23.9 Å². The second kappa shape index (κ2) is 49.4. The van der Waals surface area contributed by atoms with Crippen LogP contribution in [-0.2, 0) is 86.5 Å². The van der Waals surface area contributed by atoms with Crippen molar-refractivity contribution < 1.29 is 131 Å². The molecule has 14 rings (SSSR count). The van der Waals surface area contributed by atoms with E-state index in [1.54, 1.807) is 58.9 Å². The number of methoxy groups -OCH3 is 1. The van der Waals surface area contributed by atoms with Gasteiger partial charge in [-0.1, -0.05) is 100 Å². The number of carboxylic acid groups (broad SMARTS) is 2. The molecule has 136 heavy (non-hydrogen) atoms. The van der Waals surface area contributed by atoms with Crippen LogP contribution in [0, 0.1) is 5.92 Å². The quantitative estimate of drug-likeness (QED) is 0.0252. The van der Waals surface area contributed by atoms with Gasteiger partial charge in [0.2, 0.25) is 35.3 Å². The SMILES string of the molecule is CC.CC(C)C(=O)O.COc1cccc2c1C(=O)c1c(O)c3c(c(O)c1C2=O)C[C@@](O)(C(=O)CO)C[C@@H]3OC1CC(NC(=O)[C@@H]2CCCN2C(=O)[C@@H](C)NC(=O)c2ccncc2)C(O)C(C)O1.C[C@@H](N)C(=O)N1CCC[C@H]1C(=O)OCc1ccccc1.C[C@@H](NC(=O)c1ccncc1)C(=O)N1CCC[C@H]1C(=O)O.C[C@@H](NC(=O)c1ccncc1)C(=O)N1CCC[C@H]1C(=O)OCc1ccccc1. The Labute approximate surface area is 785 Å². The van der Waals surface area contributed by atoms with Crippen LogP contribution in [0.2, 0.25) is 0 Å². The first-order valence-electron chi connectivity index (χ1n) is 44.9. The molecule has 3 aromatic heterocycles. The number of nitrogens with one attached hydrogen (secondary N) is 4. The van der Waals surface area contributed by atoms with Crippen molar-refractivity contribution in [3.05, 3.63) is 214 Å². The first-order valence-corrected chi connectivity index (χ1v) is 44.9. The number of aliphatic hydroxyl groups excluding tert-OH is 2. The van der Waals surface area contributed by atoms with Crippen molar-refractivity contribution >= 4 is 88.5 Å². The van der Waals surface area contributed by atoms with E-state index in [-0.39, 0.29) is 95.6 Å². The van der Waals surface area contributed by atoms with Crippen LogP contribution >= 0.6 is 0 Å². The molecule has 0 bridgehead atoms. The van der Waals surface area contributed by atoms with Gasteiger partial charge in [0, 0.05) is 116 Å². The standard InChI is InChI=1S/C41H44N4O14.C21H23N3O4.C15H20N2O3.C14H17N3O4.C4H8O2.C2H6/c1-18(43-38(53)20-9-11-42-12-10-20)40(55)45-13-5-7-24(45)39(54)44-23-14-28(58-19(2)33(23)48)59-26-16-41(56,27(47)17-46)15-22-30(26)37(52)32-31(35(22)50)34(49)21-6-4-8-25(57-3)29(21)36(32)51;1-15(23-19(25)17-9-11-22-12-10-17)20(26)24-13-5-8-18(24)21(27)28-14-16-6-3-2-4-7-16;1-11(16)14(18)17-9-5-8-13(17)15(19)20-10-12-6-3-2-4-7-12;1-9(16-12(18)10-4-6-15-7-5-10)13(19)17-8-2-3-11(17)14(20)21;1-3(2)4(5)6;1-2/h4,6,8-12,18-19,23-24,26,28,33,46,48,50,52,56H,5,7,13-17H2,1-3H3,(H,43,53)(H,44,54);2-4,6-7,9-12,15,18H,5,8,13-14H2,1H3,(H,23,25);2-4,6-7,11,13H,5,8-10,16H2,1H3;4-7,9,11H,2-3,8H2,1H3,(H,16,18)(H,20,21);3H,1-2H3,(H,5,6);1-2H3/t18-,19?,23?,24+,26+,28?,33?,41+;15-,18+;11-,13+;9-,11+;;/m1111../s1. The monoisotopic (exact) mass is 1880 g/mol. The Bertz CT molecular complexity index is 5410. The minimum atomic E-state index is -2.38. The second-order valence-corrected chi connectivity index (χ2v) is 33.5. The van der Waals surface area contributed by atoms with Gasteiger partial charge in [0.1, 0.15) is 91.1 Å². The molecule has 5 saturated heterocycles. The molecule has 5 aliphatic heterocycles. The number of phenolic OH excluding ortho intramolecular Hbond substituents is 2. The summed E-state index contributed by atoms with van der Waals surface area (Å²) in [6.45, 7) is 16.1. The molecule has 14 atom stereocenters. The molecule has 4 aromatic carbocycles. The number of pyridine rings is 3. The molecule has 2 aliphatic carbocycles. The number of benzene rings is 4. The summed E-state index contributed by atoms with van der Waals surface area (Å²) < 4.78 is 28.3. The first kappa shape index (κ1) is 106. The van der Waals surface area contributed by atoms with Crippen molar-refractivity contribution in [3.8, 4) is 17.2 Å². The Hall–Kier alpha value is -13.9. The predicted molar refractivity (Wildman–Crippen MR) is 486 cm³/mol. The third-order valence-corrected chi connectivity index (χ3v) is 23.7. The zero-order valence-electron chi connectivity index (χ0n) is 77.2. The van der Waals surface area contributed by atoms with Gasteiger partial charge in [-0.2, -0.15) is 0 Å². The third kappa shape index (κ3) is 26.4. The molecule has 39 heteroatoms. The number of likely N-dealkylation sites (tertiary alicyclic amines) is 4. The van der Waals surface area contributed by atoms with E-state index in [0.717, 1.165) is 24.0 Å². The molecule has 13 N–H and O–H groups in total. The van der Waals surface area contributed by atoms with E-state index in [2.05, 4.69) is 36.2 Å². The number of nitrogens with two attached hydrogens (primary N) is 1. The Morgan fingerprint density at radius 2 is 0.949 bits per heavy atom. The fourth-order valence-electron chi connectivity index (χ4n) is 16.5.